The van der Waals surface area contributed by atoms with Gasteiger partial charge in [-0.25, -0.2) is 0 Å². The Morgan fingerprint density at radius 1 is 1.44 bits per heavy atom. The smallest absolute Gasteiger partial charge is 0.252 e. The molecule has 4 heteroatoms. The number of methoxy groups -OCH3 is 1. The summed E-state index contributed by atoms with van der Waals surface area (Å²) in [6, 6.07) is 7.35. The minimum atomic E-state index is -0.0740. The van der Waals surface area contributed by atoms with Gasteiger partial charge in [-0.05, 0) is 19.1 Å². The summed E-state index contributed by atoms with van der Waals surface area (Å²) in [6.07, 6.45) is 0. The van der Waals surface area contributed by atoms with Crippen molar-refractivity contribution < 1.29 is 14.3 Å². The van der Waals surface area contributed by atoms with Crippen LogP contribution in [0.2, 0.25) is 0 Å². The van der Waals surface area contributed by atoms with Gasteiger partial charge in [0.1, 0.15) is 12.4 Å². The van der Waals surface area contributed by atoms with Crippen molar-refractivity contribution in [2.45, 2.75) is 6.92 Å². The van der Waals surface area contributed by atoms with Crippen LogP contribution in [-0.2, 0) is 9.53 Å². The molecule has 1 amide bonds. The average molecular weight is 223 g/mol. The molecular formula is C12H17NO3. The van der Waals surface area contributed by atoms with E-state index in [0.717, 1.165) is 11.4 Å². The van der Waals surface area contributed by atoms with E-state index in [9.17, 15) is 4.79 Å². The summed E-state index contributed by atoms with van der Waals surface area (Å²) in [7, 11) is 3.32. The number of hydrogen-bond acceptors (Lipinski definition) is 3. The van der Waals surface area contributed by atoms with E-state index < -0.39 is 0 Å². The Balaban J connectivity index is 2.71. The second-order valence-corrected chi connectivity index (χ2v) is 3.29. The van der Waals surface area contributed by atoms with Gasteiger partial charge in [0.15, 0.2) is 0 Å². The van der Waals surface area contributed by atoms with E-state index in [1.54, 1.807) is 19.1 Å². The van der Waals surface area contributed by atoms with Crippen LogP contribution >= 0.6 is 0 Å². The normalized spacial score (nSPS) is 9.94. The van der Waals surface area contributed by atoms with Crippen LogP contribution in [0.1, 0.15) is 6.92 Å². The fourth-order valence-electron chi connectivity index (χ4n) is 1.25. The number of hydrogen-bond donors (Lipinski definition) is 0. The lowest BCUT2D eigenvalue weighted by atomic mass is 10.3. The van der Waals surface area contributed by atoms with Gasteiger partial charge in [0.25, 0.3) is 5.91 Å². The summed E-state index contributed by atoms with van der Waals surface area (Å²) in [5, 5.41) is 0. The third-order valence-electron chi connectivity index (χ3n) is 2.24. The molecule has 1 rings (SSSR count). The van der Waals surface area contributed by atoms with Crippen LogP contribution in [0.5, 0.6) is 5.75 Å². The fourth-order valence-corrected chi connectivity index (χ4v) is 1.25. The lowest BCUT2D eigenvalue weighted by Gasteiger charge is -2.17. The van der Waals surface area contributed by atoms with Crippen molar-refractivity contribution in [3.63, 3.8) is 0 Å². The topological polar surface area (TPSA) is 38.8 Å². The van der Waals surface area contributed by atoms with Gasteiger partial charge < -0.3 is 14.4 Å². The second kappa shape index (κ2) is 6.12. The molecule has 0 fully saturated rings. The van der Waals surface area contributed by atoms with Crippen LogP contribution in [0.25, 0.3) is 0 Å². The third kappa shape index (κ3) is 3.24. The number of carbonyl (C=O) groups is 1. The number of carbonyl (C=O) groups excluding carboxylic acids is 1. The monoisotopic (exact) mass is 223 g/mol. The Morgan fingerprint density at radius 2 is 2.19 bits per heavy atom. The third-order valence-corrected chi connectivity index (χ3v) is 2.24. The first-order valence-electron chi connectivity index (χ1n) is 5.17. The lowest BCUT2D eigenvalue weighted by Crippen LogP contribution is -2.30. The molecule has 0 radical (unpaired) electrons. The molecular weight excluding hydrogens is 206 g/mol. The second-order valence-electron chi connectivity index (χ2n) is 3.29. The maximum absolute atomic E-state index is 11.7. The van der Waals surface area contributed by atoms with Crippen LogP contribution in [0.15, 0.2) is 24.3 Å². The largest absolute Gasteiger partial charge is 0.497 e. The molecule has 4 nitrogen and oxygen atoms in total. The standard InChI is InChI=1S/C12H17NO3/c1-4-16-9-12(14)13(2)10-6-5-7-11(8-10)15-3/h5-8H,4,9H2,1-3H3. The predicted octanol–water partition coefficient (Wildman–Crippen LogP) is 1.69. The number of likely N-dealkylation sites (N-methyl/N-ethyl adjacent to an activating group) is 1. The van der Waals surface area contributed by atoms with Crippen LogP contribution in [0.4, 0.5) is 5.69 Å². The van der Waals surface area contributed by atoms with Gasteiger partial charge in [0, 0.05) is 25.4 Å². The Labute approximate surface area is 95.8 Å². The summed E-state index contributed by atoms with van der Waals surface area (Å²) in [6.45, 7) is 2.50. The zero-order valence-corrected chi connectivity index (χ0v) is 9.90. The van der Waals surface area contributed by atoms with Crippen molar-refractivity contribution in [2.75, 3.05) is 32.3 Å². The van der Waals surface area contributed by atoms with Crippen molar-refractivity contribution in [3.8, 4) is 5.75 Å². The number of amides is 1. The number of rotatable bonds is 5. The van der Waals surface area contributed by atoms with Crippen molar-refractivity contribution in [2.24, 2.45) is 0 Å². The summed E-state index contributed by atoms with van der Waals surface area (Å²) < 4.78 is 10.2. The van der Waals surface area contributed by atoms with Gasteiger partial charge in [-0.15, -0.1) is 0 Å². The maximum Gasteiger partial charge on any atom is 0.252 e. The molecule has 1 aromatic carbocycles. The van der Waals surface area contributed by atoms with Crippen molar-refractivity contribution in [3.05, 3.63) is 24.3 Å². The maximum atomic E-state index is 11.7. The Kier molecular flexibility index (Phi) is 4.79. The molecule has 0 aliphatic rings. The summed E-state index contributed by atoms with van der Waals surface area (Å²) in [5.41, 5.74) is 0.795. The van der Waals surface area contributed by atoms with Gasteiger partial charge in [-0.1, -0.05) is 6.07 Å². The molecule has 1 aromatic rings. The van der Waals surface area contributed by atoms with E-state index in [0.29, 0.717) is 6.61 Å². The minimum absolute atomic E-state index is 0.0740. The number of benzene rings is 1. The molecule has 0 atom stereocenters. The molecule has 0 aliphatic heterocycles. The van der Waals surface area contributed by atoms with Crippen LogP contribution < -0.4 is 9.64 Å². The van der Waals surface area contributed by atoms with E-state index in [1.807, 2.05) is 31.2 Å². The van der Waals surface area contributed by atoms with E-state index in [2.05, 4.69) is 0 Å². The Hall–Kier alpha value is -1.55. The highest BCUT2D eigenvalue weighted by molar-refractivity contribution is 5.93. The molecule has 16 heavy (non-hydrogen) atoms. The molecule has 0 spiro atoms. The summed E-state index contributed by atoms with van der Waals surface area (Å²) in [5.74, 6) is 0.656. The Morgan fingerprint density at radius 3 is 2.81 bits per heavy atom. The van der Waals surface area contributed by atoms with Gasteiger partial charge in [0.2, 0.25) is 0 Å². The van der Waals surface area contributed by atoms with Crippen molar-refractivity contribution >= 4 is 11.6 Å². The molecule has 0 bridgehead atoms. The Bertz CT molecular complexity index is 352. The molecule has 0 aliphatic carbocycles. The van der Waals surface area contributed by atoms with E-state index in [4.69, 9.17) is 9.47 Å². The minimum Gasteiger partial charge on any atom is -0.497 e. The van der Waals surface area contributed by atoms with Gasteiger partial charge >= 0.3 is 0 Å². The van der Waals surface area contributed by atoms with Crippen molar-refractivity contribution in [1.29, 1.82) is 0 Å². The predicted molar refractivity (Wildman–Crippen MR) is 62.9 cm³/mol. The zero-order chi connectivity index (χ0) is 12.0. The quantitative estimate of drug-likeness (QED) is 0.762. The van der Waals surface area contributed by atoms with Crippen LogP contribution in [-0.4, -0.2) is 33.3 Å². The first-order valence-corrected chi connectivity index (χ1v) is 5.17. The number of nitrogens with zero attached hydrogens (tertiary/aromatic N) is 1. The molecule has 0 heterocycles. The SMILES string of the molecule is CCOCC(=O)N(C)c1cccc(OC)c1. The van der Waals surface area contributed by atoms with E-state index in [-0.39, 0.29) is 12.5 Å². The highest BCUT2D eigenvalue weighted by Crippen LogP contribution is 2.19. The molecule has 0 saturated heterocycles. The number of ether oxygens (including phenoxy) is 2. The van der Waals surface area contributed by atoms with Gasteiger partial charge in [-0.3, -0.25) is 4.79 Å². The van der Waals surface area contributed by atoms with E-state index >= 15 is 0 Å². The van der Waals surface area contributed by atoms with Gasteiger partial charge in [-0.2, -0.15) is 0 Å². The average Bonchev–Trinajstić information content (AvgIpc) is 2.35. The highest BCUT2D eigenvalue weighted by atomic mass is 16.5. The summed E-state index contributed by atoms with van der Waals surface area (Å²) in [4.78, 5) is 13.2. The fraction of sp³-hybridized carbons (Fsp3) is 0.417. The molecule has 0 unspecified atom stereocenters. The lowest BCUT2D eigenvalue weighted by molar-refractivity contribution is -0.122. The summed E-state index contributed by atoms with van der Waals surface area (Å²) >= 11 is 0. The van der Waals surface area contributed by atoms with Gasteiger partial charge in [0.05, 0.1) is 7.11 Å². The highest BCUT2D eigenvalue weighted by Gasteiger charge is 2.10. The molecule has 0 aromatic heterocycles. The number of anilines is 1. The molecule has 0 N–H and O–H groups in total. The van der Waals surface area contributed by atoms with Crippen molar-refractivity contribution in [1.82, 2.24) is 0 Å². The molecule has 88 valence electrons. The van der Waals surface area contributed by atoms with Crippen LogP contribution in [0.3, 0.4) is 0 Å². The first kappa shape index (κ1) is 12.5. The molecule has 0 saturated carbocycles. The van der Waals surface area contributed by atoms with E-state index in [1.165, 1.54) is 0 Å². The first-order chi connectivity index (χ1) is 7.69. The van der Waals surface area contributed by atoms with Crippen LogP contribution in [0, 0.1) is 0 Å². The zero-order valence-electron chi connectivity index (χ0n) is 9.90.